The molecule has 0 radical (unpaired) electrons. The lowest BCUT2D eigenvalue weighted by atomic mass is 9.79. The largest absolute Gasteiger partial charge is 0.509 e. The lowest BCUT2D eigenvalue weighted by Crippen LogP contribution is -2.35. The highest BCUT2D eigenvalue weighted by Crippen LogP contribution is 2.21. The zero-order valence-corrected chi connectivity index (χ0v) is 13.2. The van der Waals surface area contributed by atoms with Crippen LogP contribution in [-0.4, -0.2) is 18.5 Å². The van der Waals surface area contributed by atoms with Crippen LogP contribution < -0.4 is 5.46 Å². The average molecular weight is 385 g/mol. The molecule has 2 nitrogen and oxygen atoms in total. The number of hydrogen-bond donors (Lipinski definition) is 0. The Morgan fingerprint density at radius 1 is 1.26 bits per heavy atom. The fourth-order valence-electron chi connectivity index (χ4n) is 1.43. The van der Waals surface area contributed by atoms with Gasteiger partial charge >= 0.3 is 12.9 Å². The predicted molar refractivity (Wildman–Crippen MR) is 77.8 cm³/mol. The Kier molecular flexibility index (Phi) is 4.59. The number of halogens is 4. The third-order valence-corrected chi connectivity index (χ3v) is 3.48. The number of benzene rings is 1. The number of hydrogen-bond acceptors (Lipinski definition) is 2. The Labute approximate surface area is 123 Å². The average Bonchev–Trinajstić information content (AvgIpc) is 2.17. The molecule has 0 aliphatic carbocycles. The van der Waals surface area contributed by atoms with Crippen LogP contribution in [0.1, 0.15) is 36.7 Å². The summed E-state index contributed by atoms with van der Waals surface area (Å²) in [7, 11) is 0. The van der Waals surface area contributed by atoms with E-state index >= 15 is 0 Å². The molecule has 0 fully saturated rings. The van der Waals surface area contributed by atoms with E-state index in [2.05, 4.69) is 0 Å². The standard InChI is InChI=1S/C12H14BF3IO2/c1-7-9(11(18)19-12(2,3)4)5-8(6-10(7)17)13(14,15)16/h5-6H,1-4H3/q-1. The van der Waals surface area contributed by atoms with Gasteiger partial charge in [-0.3, -0.25) is 0 Å². The van der Waals surface area contributed by atoms with Crippen LogP contribution >= 0.6 is 22.6 Å². The Bertz CT molecular complexity index is 507. The fraction of sp³-hybridized carbons (Fsp3) is 0.417. The van der Waals surface area contributed by atoms with Gasteiger partial charge in [0.05, 0.1) is 5.56 Å². The van der Waals surface area contributed by atoms with Crippen LogP contribution in [0.3, 0.4) is 0 Å². The van der Waals surface area contributed by atoms with Crippen LogP contribution in [0, 0.1) is 10.5 Å². The molecule has 0 aliphatic heterocycles. The van der Waals surface area contributed by atoms with E-state index < -0.39 is 24.0 Å². The van der Waals surface area contributed by atoms with Gasteiger partial charge in [0.1, 0.15) is 5.60 Å². The summed E-state index contributed by atoms with van der Waals surface area (Å²) in [4.78, 5) is 11.9. The molecule has 0 bridgehead atoms. The van der Waals surface area contributed by atoms with Crippen molar-refractivity contribution in [1.29, 1.82) is 0 Å². The SMILES string of the molecule is Cc1c(I)cc([B-](F)(F)F)cc1C(=O)OC(C)(C)C. The van der Waals surface area contributed by atoms with Gasteiger partial charge in [0, 0.05) is 3.57 Å². The molecule has 1 aromatic rings. The van der Waals surface area contributed by atoms with Gasteiger partial charge in [-0.15, -0.1) is 5.46 Å². The topological polar surface area (TPSA) is 26.3 Å². The summed E-state index contributed by atoms with van der Waals surface area (Å²) in [5.74, 6) is -0.732. The van der Waals surface area contributed by atoms with Gasteiger partial charge in [-0.25, -0.2) is 4.79 Å². The number of esters is 1. The summed E-state index contributed by atoms with van der Waals surface area (Å²) in [6, 6.07) is 1.91. The van der Waals surface area contributed by atoms with Crippen molar-refractivity contribution in [2.75, 3.05) is 0 Å². The highest BCUT2D eigenvalue weighted by atomic mass is 127. The minimum absolute atomic E-state index is 0.0315. The molecule has 0 atom stereocenters. The molecule has 0 heterocycles. The number of carbonyl (C=O) groups is 1. The van der Waals surface area contributed by atoms with E-state index in [1.807, 2.05) is 0 Å². The summed E-state index contributed by atoms with van der Waals surface area (Å²) in [6.07, 6.45) is 0. The lowest BCUT2D eigenvalue weighted by Gasteiger charge is -2.22. The molecule has 0 saturated carbocycles. The van der Waals surface area contributed by atoms with Crippen molar-refractivity contribution in [3.63, 3.8) is 0 Å². The first-order valence-corrected chi connectivity index (χ1v) is 6.73. The monoisotopic (exact) mass is 385 g/mol. The molecule has 1 aromatic carbocycles. The number of carbonyl (C=O) groups excluding carboxylic acids is 1. The molecule has 1 rings (SSSR count). The van der Waals surface area contributed by atoms with Crippen LogP contribution in [-0.2, 0) is 4.74 Å². The third-order valence-electron chi connectivity index (χ3n) is 2.36. The lowest BCUT2D eigenvalue weighted by molar-refractivity contribution is 0.00688. The molecule has 0 amide bonds. The van der Waals surface area contributed by atoms with E-state index in [0.717, 1.165) is 12.1 Å². The van der Waals surface area contributed by atoms with Crippen molar-refractivity contribution in [2.24, 2.45) is 0 Å². The Morgan fingerprint density at radius 3 is 2.21 bits per heavy atom. The van der Waals surface area contributed by atoms with Crippen molar-refractivity contribution < 1.29 is 22.5 Å². The zero-order valence-electron chi connectivity index (χ0n) is 11.1. The molecule has 106 valence electrons. The first-order valence-electron chi connectivity index (χ1n) is 5.65. The van der Waals surface area contributed by atoms with Gasteiger partial charge < -0.3 is 17.7 Å². The highest BCUT2D eigenvalue weighted by Gasteiger charge is 2.29. The van der Waals surface area contributed by atoms with Crippen molar-refractivity contribution in [3.8, 4) is 0 Å². The minimum Gasteiger partial charge on any atom is -0.456 e. The van der Waals surface area contributed by atoms with Crippen molar-refractivity contribution in [2.45, 2.75) is 33.3 Å². The highest BCUT2D eigenvalue weighted by molar-refractivity contribution is 14.1. The maximum absolute atomic E-state index is 12.8. The second kappa shape index (κ2) is 5.34. The van der Waals surface area contributed by atoms with E-state index in [0.29, 0.717) is 9.13 Å². The van der Waals surface area contributed by atoms with Crippen LogP contribution in [0.15, 0.2) is 12.1 Å². The molecule has 0 unspecified atom stereocenters. The third kappa shape index (κ3) is 4.40. The summed E-state index contributed by atoms with van der Waals surface area (Å²) in [5.41, 5.74) is -1.06. The van der Waals surface area contributed by atoms with Gasteiger partial charge in [-0.1, -0.05) is 12.1 Å². The van der Waals surface area contributed by atoms with Crippen LogP contribution in [0.4, 0.5) is 12.9 Å². The van der Waals surface area contributed by atoms with E-state index in [9.17, 15) is 17.7 Å². The summed E-state index contributed by atoms with van der Waals surface area (Å²) >= 11 is 1.79. The number of ether oxygens (including phenoxy) is 1. The van der Waals surface area contributed by atoms with Crippen molar-refractivity contribution >= 4 is 41.0 Å². The maximum atomic E-state index is 12.8. The van der Waals surface area contributed by atoms with Gasteiger partial charge in [-0.2, -0.15) is 0 Å². The van der Waals surface area contributed by atoms with Crippen LogP contribution in [0.25, 0.3) is 0 Å². The molecule has 0 aliphatic rings. The van der Waals surface area contributed by atoms with E-state index in [1.54, 1.807) is 50.3 Å². The van der Waals surface area contributed by atoms with Crippen LogP contribution in [0.5, 0.6) is 0 Å². The minimum atomic E-state index is -5.14. The molecule has 0 saturated heterocycles. The fourth-order valence-corrected chi connectivity index (χ4v) is 2.08. The Hall–Kier alpha value is -0.725. The Balaban J connectivity index is 3.28. The van der Waals surface area contributed by atoms with Crippen molar-refractivity contribution in [1.82, 2.24) is 0 Å². The quantitative estimate of drug-likeness (QED) is 0.442. The van der Waals surface area contributed by atoms with E-state index in [4.69, 9.17) is 4.74 Å². The molecular formula is C12H14BF3IO2-. The predicted octanol–water partition coefficient (Wildman–Crippen LogP) is 3.61. The Morgan fingerprint density at radius 2 is 1.79 bits per heavy atom. The van der Waals surface area contributed by atoms with E-state index in [-0.39, 0.29) is 5.56 Å². The molecule has 0 spiro atoms. The zero-order chi connectivity index (χ0) is 15.0. The second-order valence-electron chi connectivity index (χ2n) is 5.25. The maximum Gasteiger partial charge on any atom is 0.509 e. The van der Waals surface area contributed by atoms with Crippen molar-refractivity contribution in [3.05, 3.63) is 26.8 Å². The smallest absolute Gasteiger partial charge is 0.456 e. The molecule has 0 aromatic heterocycles. The normalized spacial score (nSPS) is 12.4. The first kappa shape index (κ1) is 16.3. The van der Waals surface area contributed by atoms with Gasteiger partial charge in [0.25, 0.3) is 0 Å². The first-order chi connectivity index (χ1) is 8.42. The summed E-state index contributed by atoms with van der Waals surface area (Å²) in [5, 5.41) is 0. The molecule has 19 heavy (non-hydrogen) atoms. The molecule has 0 N–H and O–H groups in total. The molecule has 7 heteroatoms. The van der Waals surface area contributed by atoms with Gasteiger partial charge in [0.15, 0.2) is 0 Å². The van der Waals surface area contributed by atoms with Gasteiger partial charge in [-0.05, 0) is 55.8 Å². The van der Waals surface area contributed by atoms with Crippen LogP contribution in [0.2, 0.25) is 0 Å². The van der Waals surface area contributed by atoms with E-state index in [1.165, 1.54) is 0 Å². The second-order valence-corrected chi connectivity index (χ2v) is 6.41. The summed E-state index contributed by atoms with van der Waals surface area (Å²) in [6.45, 7) is 1.48. The number of rotatable bonds is 2. The molecular weight excluding hydrogens is 371 g/mol. The summed E-state index contributed by atoms with van der Waals surface area (Å²) < 4.78 is 43.9. The van der Waals surface area contributed by atoms with Gasteiger partial charge in [0.2, 0.25) is 0 Å².